The van der Waals surface area contributed by atoms with Crippen LogP contribution in [0.2, 0.25) is 5.02 Å². The van der Waals surface area contributed by atoms with Gasteiger partial charge >= 0.3 is 0 Å². The van der Waals surface area contributed by atoms with Crippen LogP contribution in [-0.4, -0.2) is 24.7 Å². The molecule has 22 heavy (non-hydrogen) atoms. The number of nitrogens with one attached hydrogen (secondary N) is 2. The molecule has 1 aromatic carbocycles. The molecule has 2 N–H and O–H groups in total. The topological polar surface area (TPSA) is 41.1 Å². The molecule has 1 amide bonds. The monoisotopic (exact) mass is 360 g/mol. The number of halogens is 2. The summed E-state index contributed by atoms with van der Waals surface area (Å²) in [5.41, 5.74) is 1.18. The molecule has 3 nitrogen and oxygen atoms in total. The molecule has 1 fully saturated rings. The molecule has 2 unspecified atom stereocenters. The van der Waals surface area contributed by atoms with Crippen LogP contribution in [0.1, 0.15) is 37.3 Å². The summed E-state index contributed by atoms with van der Waals surface area (Å²) in [6.07, 6.45) is 3.80. The normalized spacial score (nSPS) is 23.5. The van der Waals surface area contributed by atoms with Crippen molar-refractivity contribution < 1.29 is 4.79 Å². The van der Waals surface area contributed by atoms with E-state index in [1.165, 1.54) is 16.9 Å². The predicted molar refractivity (Wildman–Crippen MR) is 95.1 cm³/mol. The van der Waals surface area contributed by atoms with Crippen molar-refractivity contribution in [3.8, 4) is 0 Å². The summed E-state index contributed by atoms with van der Waals surface area (Å²) in [6.45, 7) is 2.16. The lowest BCUT2D eigenvalue weighted by Gasteiger charge is -2.26. The Hall–Kier alpha value is -0.420. The second-order valence-electron chi connectivity index (χ2n) is 5.84. The number of thioether (sulfide) groups is 1. The highest BCUT2D eigenvalue weighted by atomic mass is 35.5. The first kappa shape index (κ1) is 17.9. The smallest absolute Gasteiger partial charge is 0.220 e. The molecule has 2 heterocycles. The van der Waals surface area contributed by atoms with Crippen LogP contribution in [0, 0.1) is 5.92 Å². The fraction of sp³-hybridized carbons (Fsp3) is 0.562. The zero-order valence-electron chi connectivity index (χ0n) is 12.4. The van der Waals surface area contributed by atoms with Crippen LogP contribution in [0.3, 0.4) is 0 Å². The Morgan fingerprint density at radius 1 is 1.41 bits per heavy atom. The van der Waals surface area contributed by atoms with Crippen LogP contribution in [-0.2, 0) is 4.79 Å². The molecule has 1 saturated heterocycles. The van der Waals surface area contributed by atoms with Gasteiger partial charge in [-0.15, -0.1) is 24.2 Å². The number of hydrogen-bond donors (Lipinski definition) is 2. The van der Waals surface area contributed by atoms with Gasteiger partial charge < -0.3 is 10.6 Å². The second kappa shape index (κ2) is 8.44. The number of fused-ring (bicyclic) bond motifs is 1. The number of carbonyl (C=O) groups excluding carboxylic acids is 1. The Bertz CT molecular complexity index is 521. The molecule has 2 aliphatic rings. The van der Waals surface area contributed by atoms with Crippen molar-refractivity contribution in [1.82, 2.24) is 10.6 Å². The second-order valence-corrected chi connectivity index (χ2v) is 7.41. The summed E-state index contributed by atoms with van der Waals surface area (Å²) in [4.78, 5) is 13.4. The lowest BCUT2D eigenvalue weighted by molar-refractivity contribution is -0.122. The molecular weight excluding hydrogens is 339 g/mol. The van der Waals surface area contributed by atoms with E-state index in [2.05, 4.69) is 16.7 Å². The molecule has 0 spiro atoms. The number of benzene rings is 1. The molecule has 3 rings (SSSR count). The van der Waals surface area contributed by atoms with Gasteiger partial charge in [0.15, 0.2) is 0 Å². The van der Waals surface area contributed by atoms with Gasteiger partial charge in [0.1, 0.15) is 0 Å². The Morgan fingerprint density at radius 3 is 3.05 bits per heavy atom. The van der Waals surface area contributed by atoms with Crippen molar-refractivity contribution in [1.29, 1.82) is 0 Å². The van der Waals surface area contributed by atoms with Gasteiger partial charge in [-0.3, -0.25) is 4.79 Å². The van der Waals surface area contributed by atoms with E-state index in [0.717, 1.165) is 36.7 Å². The minimum absolute atomic E-state index is 0. The largest absolute Gasteiger partial charge is 0.349 e. The van der Waals surface area contributed by atoms with Gasteiger partial charge in [0.2, 0.25) is 5.91 Å². The first-order valence-electron chi connectivity index (χ1n) is 7.64. The maximum absolute atomic E-state index is 12.2. The van der Waals surface area contributed by atoms with Crippen LogP contribution >= 0.6 is 35.8 Å². The molecular formula is C16H22Cl2N2OS. The molecule has 1 aromatic rings. The standard InChI is InChI=1S/C16H21ClN2OS.ClH/c17-12-2-3-15-13(9-12)14(6-8-21-15)19-16(20)4-1-11-5-7-18-10-11;/h2-3,9,11,14,18H,1,4-8,10H2,(H,19,20);1H. The zero-order valence-corrected chi connectivity index (χ0v) is 14.8. The maximum Gasteiger partial charge on any atom is 0.220 e. The number of carbonyl (C=O) groups is 1. The van der Waals surface area contributed by atoms with Crippen LogP contribution in [0.5, 0.6) is 0 Å². The van der Waals surface area contributed by atoms with Crippen molar-refractivity contribution >= 4 is 41.7 Å². The van der Waals surface area contributed by atoms with E-state index in [1.807, 2.05) is 23.9 Å². The zero-order chi connectivity index (χ0) is 14.7. The molecule has 2 aliphatic heterocycles. The van der Waals surface area contributed by atoms with Gasteiger partial charge in [-0.2, -0.15) is 0 Å². The van der Waals surface area contributed by atoms with E-state index in [1.54, 1.807) is 0 Å². The average Bonchev–Trinajstić information content (AvgIpc) is 2.99. The van der Waals surface area contributed by atoms with Crippen LogP contribution in [0.25, 0.3) is 0 Å². The fourth-order valence-corrected chi connectivity index (χ4v) is 4.36. The predicted octanol–water partition coefficient (Wildman–Crippen LogP) is 3.80. The number of rotatable bonds is 4. The third-order valence-corrected chi connectivity index (χ3v) is 5.65. The van der Waals surface area contributed by atoms with Crippen molar-refractivity contribution in [2.24, 2.45) is 5.92 Å². The van der Waals surface area contributed by atoms with Crippen LogP contribution in [0.15, 0.2) is 23.1 Å². The highest BCUT2D eigenvalue weighted by Gasteiger charge is 2.23. The van der Waals surface area contributed by atoms with E-state index in [9.17, 15) is 4.79 Å². The first-order chi connectivity index (χ1) is 10.2. The highest BCUT2D eigenvalue weighted by molar-refractivity contribution is 7.99. The minimum Gasteiger partial charge on any atom is -0.349 e. The fourth-order valence-electron chi connectivity index (χ4n) is 3.08. The lowest BCUT2D eigenvalue weighted by atomic mass is 10.0. The molecule has 0 radical (unpaired) electrons. The van der Waals surface area contributed by atoms with E-state index in [4.69, 9.17) is 11.6 Å². The van der Waals surface area contributed by atoms with Crippen LogP contribution in [0.4, 0.5) is 0 Å². The molecule has 6 heteroatoms. The molecule has 0 bridgehead atoms. The van der Waals surface area contributed by atoms with Crippen LogP contribution < -0.4 is 10.6 Å². The average molecular weight is 361 g/mol. The molecule has 2 atom stereocenters. The minimum atomic E-state index is 0. The Balaban J connectivity index is 0.00000176. The Kier molecular flexibility index (Phi) is 6.87. The Labute approximate surface area is 147 Å². The highest BCUT2D eigenvalue weighted by Crippen LogP contribution is 2.37. The summed E-state index contributed by atoms with van der Waals surface area (Å²) < 4.78 is 0. The van der Waals surface area contributed by atoms with Gasteiger partial charge in [0.05, 0.1) is 6.04 Å². The third-order valence-electron chi connectivity index (χ3n) is 4.29. The number of amides is 1. The van der Waals surface area contributed by atoms with Gasteiger partial charge in [0.25, 0.3) is 0 Å². The third kappa shape index (κ3) is 4.54. The lowest BCUT2D eigenvalue weighted by Crippen LogP contribution is -2.30. The van der Waals surface area contributed by atoms with E-state index in [0.29, 0.717) is 12.3 Å². The summed E-state index contributed by atoms with van der Waals surface area (Å²) >= 11 is 7.94. The quantitative estimate of drug-likeness (QED) is 0.857. The first-order valence-corrected chi connectivity index (χ1v) is 9.01. The van der Waals surface area contributed by atoms with Gasteiger partial charge in [0, 0.05) is 22.1 Å². The summed E-state index contributed by atoms with van der Waals surface area (Å²) in [6, 6.07) is 6.10. The molecule has 122 valence electrons. The van der Waals surface area contributed by atoms with E-state index in [-0.39, 0.29) is 24.4 Å². The summed E-state index contributed by atoms with van der Waals surface area (Å²) in [7, 11) is 0. The van der Waals surface area contributed by atoms with E-state index >= 15 is 0 Å². The van der Waals surface area contributed by atoms with Crippen molar-refractivity contribution in [2.75, 3.05) is 18.8 Å². The molecule has 0 saturated carbocycles. The summed E-state index contributed by atoms with van der Waals surface area (Å²) in [5, 5.41) is 7.29. The SMILES string of the molecule is Cl.O=C(CCC1CCNC1)NC1CCSc2ccc(Cl)cc21. The van der Waals surface area contributed by atoms with Crippen molar-refractivity contribution in [3.63, 3.8) is 0 Å². The van der Waals surface area contributed by atoms with Crippen molar-refractivity contribution in [2.45, 2.75) is 36.6 Å². The molecule has 0 aromatic heterocycles. The molecule has 0 aliphatic carbocycles. The maximum atomic E-state index is 12.2. The number of hydrogen-bond acceptors (Lipinski definition) is 3. The van der Waals surface area contributed by atoms with Gasteiger partial charge in [-0.25, -0.2) is 0 Å². The van der Waals surface area contributed by atoms with Gasteiger partial charge in [-0.05, 0) is 62.0 Å². The summed E-state index contributed by atoms with van der Waals surface area (Å²) in [5.74, 6) is 1.88. The Morgan fingerprint density at radius 2 is 2.27 bits per heavy atom. The van der Waals surface area contributed by atoms with Crippen molar-refractivity contribution in [3.05, 3.63) is 28.8 Å². The van der Waals surface area contributed by atoms with E-state index < -0.39 is 0 Å². The van der Waals surface area contributed by atoms with Gasteiger partial charge in [-0.1, -0.05) is 11.6 Å².